The Morgan fingerprint density at radius 2 is 2.00 bits per heavy atom. The summed E-state index contributed by atoms with van der Waals surface area (Å²) in [6, 6.07) is 2.72. The van der Waals surface area contributed by atoms with Crippen molar-refractivity contribution in [2.45, 2.75) is 44.4 Å². The first-order valence-electron chi connectivity index (χ1n) is 5.50. The minimum absolute atomic E-state index is 0.0666. The van der Waals surface area contributed by atoms with Crippen molar-refractivity contribution in [3.8, 4) is 0 Å². The number of aliphatic hydroxyl groups excluding tert-OH is 1. The van der Waals surface area contributed by atoms with Gasteiger partial charge in [-0.3, -0.25) is 0 Å². The first kappa shape index (κ1) is 13.0. The topological polar surface area (TPSA) is 32.3 Å². The molecule has 1 fully saturated rings. The minimum atomic E-state index is -0.0666. The van der Waals surface area contributed by atoms with Crippen LogP contribution in [-0.2, 0) is 6.54 Å². The van der Waals surface area contributed by atoms with Gasteiger partial charge in [-0.25, -0.2) is 0 Å². The van der Waals surface area contributed by atoms with E-state index in [-0.39, 0.29) is 6.10 Å². The maximum atomic E-state index is 9.41. The van der Waals surface area contributed by atoms with Crippen molar-refractivity contribution in [2.24, 2.45) is 0 Å². The summed E-state index contributed by atoms with van der Waals surface area (Å²) in [6.07, 6.45) is 4.00. The van der Waals surface area contributed by atoms with E-state index in [4.69, 9.17) is 0 Å². The molecule has 16 heavy (non-hydrogen) atoms. The van der Waals surface area contributed by atoms with Crippen LogP contribution in [0.1, 0.15) is 30.6 Å². The van der Waals surface area contributed by atoms with Gasteiger partial charge < -0.3 is 10.4 Å². The molecule has 0 saturated heterocycles. The van der Waals surface area contributed by atoms with Gasteiger partial charge in [0, 0.05) is 21.9 Å². The molecule has 1 aromatic rings. The third-order valence-electron chi connectivity index (χ3n) is 2.96. The number of hydrogen-bond acceptors (Lipinski definition) is 3. The van der Waals surface area contributed by atoms with Crippen molar-refractivity contribution < 1.29 is 5.11 Å². The fourth-order valence-corrected chi connectivity index (χ4v) is 4.13. The van der Waals surface area contributed by atoms with Gasteiger partial charge in [-0.15, -0.1) is 11.3 Å². The number of aliphatic hydroxyl groups is 1. The predicted molar refractivity (Wildman–Crippen MR) is 74.8 cm³/mol. The summed E-state index contributed by atoms with van der Waals surface area (Å²) >= 11 is 8.75. The van der Waals surface area contributed by atoms with E-state index in [0.29, 0.717) is 6.04 Å². The second-order valence-electron chi connectivity index (χ2n) is 4.22. The highest BCUT2D eigenvalue weighted by molar-refractivity contribution is 9.13. The summed E-state index contributed by atoms with van der Waals surface area (Å²) in [6.45, 7) is 0.926. The maximum absolute atomic E-state index is 9.41. The van der Waals surface area contributed by atoms with E-state index >= 15 is 0 Å². The van der Waals surface area contributed by atoms with Crippen LogP contribution in [0, 0.1) is 0 Å². The van der Waals surface area contributed by atoms with Crippen LogP contribution in [0.4, 0.5) is 0 Å². The highest BCUT2D eigenvalue weighted by atomic mass is 79.9. The van der Waals surface area contributed by atoms with Crippen LogP contribution in [0.15, 0.2) is 14.3 Å². The molecule has 2 rings (SSSR count). The van der Waals surface area contributed by atoms with Gasteiger partial charge in [0.25, 0.3) is 0 Å². The number of rotatable bonds is 3. The molecule has 0 radical (unpaired) electrons. The molecule has 0 aliphatic heterocycles. The monoisotopic (exact) mass is 367 g/mol. The van der Waals surface area contributed by atoms with Crippen LogP contribution in [0.25, 0.3) is 0 Å². The van der Waals surface area contributed by atoms with Crippen LogP contribution < -0.4 is 5.32 Å². The molecular formula is C11H15Br2NOS. The molecule has 0 atom stereocenters. The zero-order valence-corrected chi connectivity index (χ0v) is 12.9. The Labute approximate surface area is 117 Å². The summed E-state index contributed by atoms with van der Waals surface area (Å²) in [5, 5.41) is 13.0. The van der Waals surface area contributed by atoms with Gasteiger partial charge in [0.05, 0.1) is 9.89 Å². The summed E-state index contributed by atoms with van der Waals surface area (Å²) in [4.78, 5) is 1.34. The van der Waals surface area contributed by atoms with E-state index in [1.807, 2.05) is 0 Å². The quantitative estimate of drug-likeness (QED) is 0.853. The van der Waals surface area contributed by atoms with E-state index in [2.05, 4.69) is 43.2 Å². The molecule has 5 heteroatoms. The molecule has 1 aromatic heterocycles. The second kappa shape index (κ2) is 5.96. The first-order chi connectivity index (χ1) is 7.65. The Hall–Kier alpha value is 0.580. The van der Waals surface area contributed by atoms with Crippen LogP contribution in [0.2, 0.25) is 0 Å². The van der Waals surface area contributed by atoms with E-state index < -0.39 is 0 Å². The van der Waals surface area contributed by atoms with Gasteiger partial charge in [-0.2, -0.15) is 0 Å². The summed E-state index contributed by atoms with van der Waals surface area (Å²) in [5.41, 5.74) is 0. The minimum Gasteiger partial charge on any atom is -0.393 e. The van der Waals surface area contributed by atoms with Crippen molar-refractivity contribution in [1.82, 2.24) is 5.32 Å². The fourth-order valence-electron chi connectivity index (χ4n) is 2.00. The molecule has 0 bridgehead atoms. The van der Waals surface area contributed by atoms with Crippen molar-refractivity contribution in [2.75, 3.05) is 0 Å². The van der Waals surface area contributed by atoms with Gasteiger partial charge in [0.2, 0.25) is 0 Å². The van der Waals surface area contributed by atoms with E-state index in [1.165, 1.54) is 4.88 Å². The molecule has 0 spiro atoms. The largest absolute Gasteiger partial charge is 0.393 e. The molecule has 1 aliphatic carbocycles. The molecule has 0 aromatic carbocycles. The lowest BCUT2D eigenvalue weighted by Gasteiger charge is -2.26. The normalized spacial score (nSPS) is 25.9. The Kier molecular flexibility index (Phi) is 4.85. The zero-order chi connectivity index (χ0) is 11.5. The smallest absolute Gasteiger partial charge is 0.0843 e. The van der Waals surface area contributed by atoms with Gasteiger partial charge in [0.1, 0.15) is 0 Å². The maximum Gasteiger partial charge on any atom is 0.0843 e. The van der Waals surface area contributed by atoms with Crippen molar-refractivity contribution in [3.05, 3.63) is 19.2 Å². The Morgan fingerprint density at radius 1 is 1.31 bits per heavy atom. The lowest BCUT2D eigenvalue weighted by Crippen LogP contribution is -2.33. The molecular weight excluding hydrogens is 354 g/mol. The fraction of sp³-hybridized carbons (Fsp3) is 0.636. The Morgan fingerprint density at radius 3 is 2.56 bits per heavy atom. The SMILES string of the molecule is OC1CCC(NCc2cc(Br)c(Br)s2)CC1. The summed E-state index contributed by atoms with van der Waals surface area (Å²) in [5.74, 6) is 0. The lowest BCUT2D eigenvalue weighted by molar-refractivity contribution is 0.116. The molecule has 1 heterocycles. The lowest BCUT2D eigenvalue weighted by atomic mass is 9.93. The van der Waals surface area contributed by atoms with Crippen LogP contribution in [-0.4, -0.2) is 17.3 Å². The Bertz CT molecular complexity index is 328. The molecule has 2 N–H and O–H groups in total. The average Bonchev–Trinajstić information content (AvgIpc) is 2.58. The second-order valence-corrected chi connectivity index (χ2v) is 7.53. The molecule has 2 nitrogen and oxygen atoms in total. The van der Waals surface area contributed by atoms with Crippen molar-refractivity contribution >= 4 is 43.2 Å². The van der Waals surface area contributed by atoms with Gasteiger partial charge in [-0.05, 0) is 63.6 Å². The number of nitrogens with one attached hydrogen (secondary N) is 1. The standard InChI is InChI=1S/C11H15Br2NOS/c12-10-5-9(16-11(10)13)6-14-7-1-3-8(15)4-2-7/h5,7-8,14-15H,1-4,6H2. The molecule has 90 valence electrons. The highest BCUT2D eigenvalue weighted by Gasteiger charge is 2.18. The Balaban J connectivity index is 1.79. The number of thiophene rings is 1. The highest BCUT2D eigenvalue weighted by Crippen LogP contribution is 2.32. The van der Waals surface area contributed by atoms with E-state index in [9.17, 15) is 5.11 Å². The summed E-state index contributed by atoms with van der Waals surface area (Å²) < 4.78 is 2.29. The molecule has 0 amide bonds. The van der Waals surface area contributed by atoms with Crippen LogP contribution in [0.3, 0.4) is 0 Å². The zero-order valence-electron chi connectivity index (χ0n) is 8.88. The van der Waals surface area contributed by atoms with Crippen LogP contribution in [0.5, 0.6) is 0 Å². The first-order valence-corrected chi connectivity index (χ1v) is 7.90. The average molecular weight is 369 g/mol. The third kappa shape index (κ3) is 3.53. The van der Waals surface area contributed by atoms with Gasteiger partial charge in [-0.1, -0.05) is 0 Å². The van der Waals surface area contributed by atoms with E-state index in [0.717, 1.165) is 40.5 Å². The summed E-state index contributed by atoms with van der Waals surface area (Å²) in [7, 11) is 0. The number of hydrogen-bond donors (Lipinski definition) is 2. The van der Waals surface area contributed by atoms with Gasteiger partial charge in [0.15, 0.2) is 0 Å². The van der Waals surface area contributed by atoms with Gasteiger partial charge >= 0.3 is 0 Å². The van der Waals surface area contributed by atoms with E-state index in [1.54, 1.807) is 11.3 Å². The van der Waals surface area contributed by atoms with Crippen LogP contribution >= 0.6 is 43.2 Å². The third-order valence-corrected chi connectivity index (χ3v) is 6.21. The predicted octanol–water partition coefficient (Wildman–Crippen LogP) is 3.67. The molecule has 0 unspecified atom stereocenters. The van der Waals surface area contributed by atoms with Crippen molar-refractivity contribution in [3.63, 3.8) is 0 Å². The molecule has 1 saturated carbocycles. The molecule has 1 aliphatic rings. The number of halogens is 2. The van der Waals surface area contributed by atoms with Crippen molar-refractivity contribution in [1.29, 1.82) is 0 Å².